The Hall–Kier alpha value is -0.870. The van der Waals surface area contributed by atoms with Crippen molar-refractivity contribution < 1.29 is 19.4 Å². The quantitative estimate of drug-likeness (QED) is 0.621. The number of methoxy groups -OCH3 is 1. The number of aliphatic hydroxyl groups is 1. The van der Waals surface area contributed by atoms with Crippen molar-refractivity contribution in [2.75, 3.05) is 13.7 Å². The first-order valence-corrected chi connectivity index (χ1v) is 7.60. The summed E-state index contributed by atoms with van der Waals surface area (Å²) in [7, 11) is 1.61. The molecule has 1 saturated heterocycles. The Morgan fingerprint density at radius 1 is 1.55 bits per heavy atom. The Morgan fingerprint density at radius 2 is 2.35 bits per heavy atom. The van der Waals surface area contributed by atoms with E-state index in [1.165, 1.54) is 5.57 Å². The van der Waals surface area contributed by atoms with Crippen LogP contribution in [0.5, 0.6) is 0 Å². The van der Waals surface area contributed by atoms with E-state index in [1.54, 1.807) is 7.11 Å². The summed E-state index contributed by atoms with van der Waals surface area (Å²) in [6, 6.07) is 0. The third-order valence-corrected chi connectivity index (χ3v) is 5.44. The first-order valence-electron chi connectivity index (χ1n) is 7.60. The maximum absolute atomic E-state index is 12.1. The molecule has 0 unspecified atom stereocenters. The van der Waals surface area contributed by atoms with Gasteiger partial charge >= 0.3 is 5.97 Å². The molecule has 1 heterocycles. The summed E-state index contributed by atoms with van der Waals surface area (Å²) >= 11 is 0. The van der Waals surface area contributed by atoms with Gasteiger partial charge in [0.05, 0.1) is 18.6 Å². The van der Waals surface area contributed by atoms with Crippen molar-refractivity contribution in [1.29, 1.82) is 0 Å². The van der Waals surface area contributed by atoms with Gasteiger partial charge in [-0.3, -0.25) is 4.79 Å². The van der Waals surface area contributed by atoms with Crippen LogP contribution < -0.4 is 0 Å². The van der Waals surface area contributed by atoms with Crippen LogP contribution in [0.2, 0.25) is 0 Å². The van der Waals surface area contributed by atoms with Crippen molar-refractivity contribution in [3.63, 3.8) is 0 Å². The summed E-state index contributed by atoms with van der Waals surface area (Å²) in [5.41, 5.74) is 1.28. The number of hydrogen-bond donors (Lipinski definition) is 1. The van der Waals surface area contributed by atoms with Crippen LogP contribution in [-0.2, 0) is 14.3 Å². The highest BCUT2D eigenvalue weighted by atomic mass is 16.6. The topological polar surface area (TPSA) is 55.8 Å². The van der Waals surface area contributed by atoms with Gasteiger partial charge in [-0.25, -0.2) is 0 Å². The number of allylic oxidation sites excluding steroid dienone is 2. The van der Waals surface area contributed by atoms with Crippen LogP contribution in [-0.4, -0.2) is 37.0 Å². The van der Waals surface area contributed by atoms with Crippen LogP contribution >= 0.6 is 0 Å². The molecule has 112 valence electrons. The van der Waals surface area contributed by atoms with E-state index in [1.807, 2.05) is 0 Å². The zero-order chi connectivity index (χ0) is 14.3. The summed E-state index contributed by atoms with van der Waals surface area (Å²) in [6.45, 7) is 2.52. The maximum Gasteiger partial charge on any atom is 0.312 e. The molecule has 2 fully saturated rings. The van der Waals surface area contributed by atoms with Crippen molar-refractivity contribution in [3.8, 4) is 0 Å². The van der Waals surface area contributed by atoms with Gasteiger partial charge in [-0.1, -0.05) is 18.6 Å². The largest absolute Gasteiger partial charge is 0.459 e. The fraction of sp³-hybridized carbons (Fsp3) is 0.812. The molecule has 20 heavy (non-hydrogen) atoms. The number of carbonyl (C=O) groups excluding carboxylic acids is 1. The lowest BCUT2D eigenvalue weighted by Gasteiger charge is -2.43. The van der Waals surface area contributed by atoms with Gasteiger partial charge in [0.15, 0.2) is 0 Å². The van der Waals surface area contributed by atoms with Gasteiger partial charge in [-0.15, -0.1) is 0 Å². The average Bonchev–Trinajstić information content (AvgIpc) is 2.72. The monoisotopic (exact) mass is 280 g/mol. The second-order valence-electron chi connectivity index (χ2n) is 6.84. The highest BCUT2D eigenvalue weighted by Crippen LogP contribution is 2.48. The minimum absolute atomic E-state index is 0.0820. The Morgan fingerprint density at radius 3 is 3.10 bits per heavy atom. The smallest absolute Gasteiger partial charge is 0.312 e. The van der Waals surface area contributed by atoms with Gasteiger partial charge < -0.3 is 14.6 Å². The summed E-state index contributed by atoms with van der Waals surface area (Å²) in [6.07, 6.45) is 6.24. The fourth-order valence-corrected chi connectivity index (χ4v) is 4.22. The van der Waals surface area contributed by atoms with E-state index < -0.39 is 6.10 Å². The highest BCUT2D eigenvalue weighted by Gasteiger charge is 2.53. The standard InChI is InChI=1S/C16H24O4/c1-16-7-3-4-10(8-16)5-6-11-12(9-19-2)15(18)20-13(11)14(16)17/h4,11-14,17H,3,5-9H2,1-2H3/t11-,12-,13+,14+,16+/m0/s1. The summed E-state index contributed by atoms with van der Waals surface area (Å²) in [4.78, 5) is 12.1. The number of ether oxygens (including phenoxy) is 2. The lowest BCUT2D eigenvalue weighted by Crippen LogP contribution is -2.47. The number of esters is 1. The van der Waals surface area contributed by atoms with Crippen molar-refractivity contribution >= 4 is 5.97 Å². The molecule has 0 aromatic rings. The van der Waals surface area contributed by atoms with E-state index >= 15 is 0 Å². The number of hydrogen-bond acceptors (Lipinski definition) is 4. The van der Waals surface area contributed by atoms with E-state index in [-0.39, 0.29) is 29.3 Å². The van der Waals surface area contributed by atoms with Gasteiger partial charge in [0, 0.05) is 18.4 Å². The molecule has 4 nitrogen and oxygen atoms in total. The number of fused-ring (bicyclic) bond motifs is 3. The van der Waals surface area contributed by atoms with Gasteiger partial charge in [0.25, 0.3) is 0 Å². The summed E-state index contributed by atoms with van der Waals surface area (Å²) in [5, 5.41) is 10.8. The van der Waals surface area contributed by atoms with Crippen molar-refractivity contribution in [1.82, 2.24) is 0 Å². The minimum Gasteiger partial charge on any atom is -0.459 e. The predicted octanol–water partition coefficient (Wildman–Crippen LogP) is 2.06. The molecule has 2 aliphatic carbocycles. The molecule has 0 radical (unpaired) electrons. The van der Waals surface area contributed by atoms with Crippen LogP contribution in [0.3, 0.4) is 0 Å². The SMILES string of the molecule is COC[C@@H]1C(=O)O[C@@H]2[C@H]1CCC1=CCC[C@](C)(C1)[C@@H]2O. The first-order chi connectivity index (χ1) is 9.55. The van der Waals surface area contributed by atoms with Crippen LogP contribution in [0.1, 0.15) is 39.0 Å². The minimum atomic E-state index is -0.567. The van der Waals surface area contributed by atoms with Crippen LogP contribution in [0.4, 0.5) is 0 Å². The zero-order valence-corrected chi connectivity index (χ0v) is 12.3. The molecule has 1 aliphatic heterocycles. The average molecular weight is 280 g/mol. The zero-order valence-electron chi connectivity index (χ0n) is 12.3. The predicted molar refractivity (Wildman–Crippen MR) is 74.0 cm³/mol. The summed E-state index contributed by atoms with van der Waals surface area (Å²) in [5.74, 6) is -0.337. The lowest BCUT2D eigenvalue weighted by atomic mass is 9.65. The maximum atomic E-state index is 12.1. The summed E-state index contributed by atoms with van der Waals surface area (Å²) < 4.78 is 10.7. The molecule has 0 spiro atoms. The fourth-order valence-electron chi connectivity index (χ4n) is 4.22. The van der Waals surface area contributed by atoms with Crippen LogP contribution in [0.15, 0.2) is 11.6 Å². The van der Waals surface area contributed by atoms with Gasteiger partial charge in [-0.05, 0) is 32.1 Å². The molecular weight excluding hydrogens is 256 g/mol. The Balaban J connectivity index is 1.90. The van der Waals surface area contributed by atoms with Gasteiger partial charge in [0.1, 0.15) is 6.10 Å². The van der Waals surface area contributed by atoms with Crippen molar-refractivity contribution in [2.24, 2.45) is 17.3 Å². The van der Waals surface area contributed by atoms with Crippen molar-refractivity contribution in [3.05, 3.63) is 11.6 Å². The van der Waals surface area contributed by atoms with E-state index in [9.17, 15) is 9.90 Å². The normalized spacial score (nSPS) is 44.1. The third kappa shape index (κ3) is 2.19. The molecule has 1 N–H and O–H groups in total. The van der Waals surface area contributed by atoms with Crippen LogP contribution in [0.25, 0.3) is 0 Å². The van der Waals surface area contributed by atoms with Crippen LogP contribution in [0, 0.1) is 17.3 Å². The first kappa shape index (κ1) is 14.1. The second-order valence-corrected chi connectivity index (χ2v) is 6.84. The molecule has 5 atom stereocenters. The Labute approximate surface area is 120 Å². The molecule has 0 aromatic heterocycles. The lowest BCUT2D eigenvalue weighted by molar-refractivity contribution is -0.153. The highest BCUT2D eigenvalue weighted by molar-refractivity contribution is 5.75. The number of carbonyl (C=O) groups is 1. The van der Waals surface area contributed by atoms with Gasteiger partial charge in [0.2, 0.25) is 0 Å². The molecule has 3 aliphatic rings. The van der Waals surface area contributed by atoms with E-state index in [0.717, 1.165) is 32.1 Å². The molecule has 0 aromatic carbocycles. The van der Waals surface area contributed by atoms with E-state index in [0.29, 0.717) is 6.61 Å². The third-order valence-electron chi connectivity index (χ3n) is 5.44. The molecule has 2 bridgehead atoms. The van der Waals surface area contributed by atoms with E-state index in [2.05, 4.69) is 13.0 Å². The Bertz CT molecular complexity index is 430. The molecule has 4 heteroatoms. The second kappa shape index (κ2) is 5.15. The van der Waals surface area contributed by atoms with Crippen molar-refractivity contribution in [2.45, 2.75) is 51.2 Å². The molecule has 1 saturated carbocycles. The molecule has 3 rings (SSSR count). The van der Waals surface area contributed by atoms with E-state index in [4.69, 9.17) is 9.47 Å². The Kier molecular flexibility index (Phi) is 3.63. The molecular formula is C16H24O4. The molecule has 0 amide bonds. The number of rotatable bonds is 2. The number of aliphatic hydroxyl groups excluding tert-OH is 1. The van der Waals surface area contributed by atoms with Gasteiger partial charge in [-0.2, -0.15) is 0 Å².